The molecule has 4 aromatic carbocycles. The molecule has 0 spiro atoms. The Labute approximate surface area is 275 Å². The summed E-state index contributed by atoms with van der Waals surface area (Å²) in [6.45, 7) is 0. The molecule has 8 rings (SSSR count). The van der Waals surface area contributed by atoms with Crippen LogP contribution in [0.1, 0.15) is 69.2 Å². The van der Waals surface area contributed by atoms with Crippen molar-refractivity contribution in [1.82, 2.24) is 0 Å². The van der Waals surface area contributed by atoms with Crippen LogP contribution in [-0.2, 0) is 39.0 Å². The summed E-state index contributed by atoms with van der Waals surface area (Å²) in [5.74, 6) is 1.13. The van der Waals surface area contributed by atoms with E-state index in [0.717, 1.165) is 25.7 Å². The molecule has 0 heterocycles. The van der Waals surface area contributed by atoms with Crippen LogP contribution in [0, 0.1) is 0 Å². The Morgan fingerprint density at radius 1 is 0.463 bits per heavy atom. The first-order valence-electron chi connectivity index (χ1n) is 13.9. The number of benzene rings is 4. The van der Waals surface area contributed by atoms with E-state index in [0.29, 0.717) is 11.8 Å². The third kappa shape index (κ3) is 6.70. The molecule has 3 heteroatoms. The van der Waals surface area contributed by atoms with Crippen LogP contribution in [0.5, 0.6) is 0 Å². The minimum absolute atomic E-state index is 0. The standard InChI is InChI=1S/2C19H16.2ClH.Zr/c2*1-2-7-17-12-14(11-16(17)6-1)13-18-10-9-15-5-3-4-8-19(15)18;;;/h2*1-11,18H,12-13H2;2*1H;/q;;;;+2/p-2. The van der Waals surface area contributed by atoms with E-state index in [1.165, 1.54) is 44.5 Å². The van der Waals surface area contributed by atoms with Crippen LogP contribution in [0.3, 0.4) is 0 Å². The summed E-state index contributed by atoms with van der Waals surface area (Å²) >= 11 is 0. The quantitative estimate of drug-likeness (QED) is 0.317. The number of hydrogen-bond acceptors (Lipinski definition) is 0. The van der Waals surface area contributed by atoms with E-state index in [2.05, 4.69) is 134 Å². The predicted molar refractivity (Wildman–Crippen MR) is 162 cm³/mol. The van der Waals surface area contributed by atoms with Gasteiger partial charge in [0.05, 0.1) is 0 Å². The van der Waals surface area contributed by atoms with Gasteiger partial charge in [0.2, 0.25) is 0 Å². The van der Waals surface area contributed by atoms with E-state index in [1.54, 1.807) is 11.1 Å². The second-order valence-corrected chi connectivity index (χ2v) is 11.0. The maximum absolute atomic E-state index is 2.38. The summed E-state index contributed by atoms with van der Waals surface area (Å²) in [5.41, 5.74) is 14.7. The Bertz CT molecular complexity index is 1520. The summed E-state index contributed by atoms with van der Waals surface area (Å²) in [5, 5.41) is 0. The Morgan fingerprint density at radius 2 is 0.829 bits per heavy atom. The van der Waals surface area contributed by atoms with Crippen molar-refractivity contribution < 1.29 is 51.0 Å². The fraction of sp³-hybridized carbons (Fsp3) is 0.158. The zero-order valence-electron chi connectivity index (χ0n) is 22.9. The molecule has 41 heavy (non-hydrogen) atoms. The minimum atomic E-state index is 0. The van der Waals surface area contributed by atoms with E-state index < -0.39 is 0 Å². The smallest absolute Gasteiger partial charge is 1.00 e. The van der Waals surface area contributed by atoms with E-state index >= 15 is 0 Å². The second-order valence-electron chi connectivity index (χ2n) is 11.0. The summed E-state index contributed by atoms with van der Waals surface area (Å²) in [7, 11) is 0. The summed E-state index contributed by atoms with van der Waals surface area (Å²) in [6, 6.07) is 35.0. The normalized spacial score (nSPS) is 17.8. The van der Waals surface area contributed by atoms with Crippen LogP contribution in [0.4, 0.5) is 0 Å². The maximum atomic E-state index is 2.38. The molecule has 4 aliphatic carbocycles. The van der Waals surface area contributed by atoms with Crippen LogP contribution >= 0.6 is 0 Å². The van der Waals surface area contributed by atoms with Gasteiger partial charge in [0, 0.05) is 11.8 Å². The van der Waals surface area contributed by atoms with Gasteiger partial charge in [-0.1, -0.05) is 145 Å². The Balaban J connectivity index is 0.000000176. The van der Waals surface area contributed by atoms with Gasteiger partial charge in [-0.15, -0.1) is 0 Å². The zero-order chi connectivity index (χ0) is 25.3. The maximum Gasteiger partial charge on any atom is 2.00 e. The van der Waals surface area contributed by atoms with E-state index in [4.69, 9.17) is 0 Å². The molecule has 0 nitrogen and oxygen atoms in total. The molecule has 2 atom stereocenters. The molecule has 4 aliphatic rings. The Kier molecular flexibility index (Phi) is 10.7. The minimum Gasteiger partial charge on any atom is -1.00 e. The first-order valence-corrected chi connectivity index (χ1v) is 13.9. The average Bonchev–Trinajstić information content (AvgIpc) is 3.74. The first-order chi connectivity index (χ1) is 18.8. The zero-order valence-corrected chi connectivity index (χ0v) is 26.9. The van der Waals surface area contributed by atoms with Gasteiger partial charge >= 0.3 is 26.2 Å². The molecule has 0 amide bonds. The van der Waals surface area contributed by atoms with E-state index in [-0.39, 0.29) is 51.0 Å². The third-order valence-corrected chi connectivity index (χ3v) is 8.44. The van der Waals surface area contributed by atoms with Crippen molar-refractivity contribution in [2.75, 3.05) is 0 Å². The molecule has 0 saturated carbocycles. The molecule has 0 fully saturated rings. The third-order valence-electron chi connectivity index (χ3n) is 8.44. The Morgan fingerprint density at radius 3 is 1.24 bits per heavy atom. The second kappa shape index (κ2) is 14.0. The number of rotatable bonds is 4. The molecule has 0 saturated heterocycles. The number of halogens is 2. The number of hydrogen-bond donors (Lipinski definition) is 0. The van der Waals surface area contributed by atoms with Crippen LogP contribution in [0.15, 0.2) is 120 Å². The van der Waals surface area contributed by atoms with Gasteiger partial charge in [0.1, 0.15) is 0 Å². The van der Waals surface area contributed by atoms with Crippen LogP contribution < -0.4 is 24.8 Å². The number of allylic oxidation sites excluding steroid dienone is 4. The van der Waals surface area contributed by atoms with Gasteiger partial charge in [-0.05, 0) is 70.2 Å². The van der Waals surface area contributed by atoms with Crippen molar-refractivity contribution in [2.24, 2.45) is 0 Å². The molecule has 0 aromatic heterocycles. The van der Waals surface area contributed by atoms with Crippen LogP contribution in [0.25, 0.3) is 24.3 Å². The molecule has 0 bridgehead atoms. The first kappa shape index (κ1) is 31.2. The van der Waals surface area contributed by atoms with Crippen molar-refractivity contribution in [1.29, 1.82) is 0 Å². The van der Waals surface area contributed by atoms with Crippen molar-refractivity contribution >= 4 is 24.3 Å². The fourth-order valence-electron chi connectivity index (χ4n) is 6.53. The van der Waals surface area contributed by atoms with Crippen molar-refractivity contribution in [3.05, 3.63) is 165 Å². The summed E-state index contributed by atoms with van der Waals surface area (Å²) < 4.78 is 0. The van der Waals surface area contributed by atoms with Gasteiger partial charge in [-0.3, -0.25) is 0 Å². The van der Waals surface area contributed by atoms with Gasteiger partial charge < -0.3 is 24.8 Å². The van der Waals surface area contributed by atoms with E-state index in [9.17, 15) is 0 Å². The molecule has 2 unspecified atom stereocenters. The topological polar surface area (TPSA) is 0 Å². The van der Waals surface area contributed by atoms with Crippen molar-refractivity contribution in [2.45, 2.75) is 37.5 Å². The van der Waals surface area contributed by atoms with Gasteiger partial charge in [-0.25, -0.2) is 0 Å². The van der Waals surface area contributed by atoms with E-state index in [1.807, 2.05) is 0 Å². The predicted octanol–water partition coefficient (Wildman–Crippen LogP) is 3.66. The number of fused-ring (bicyclic) bond motifs is 4. The molecule has 4 aromatic rings. The molecule has 0 N–H and O–H groups in total. The van der Waals surface area contributed by atoms with Gasteiger partial charge in [-0.2, -0.15) is 0 Å². The molecular formula is C38H32Cl2Zr. The van der Waals surface area contributed by atoms with Gasteiger partial charge in [0.25, 0.3) is 0 Å². The molecule has 202 valence electrons. The van der Waals surface area contributed by atoms with Crippen LogP contribution in [0.2, 0.25) is 0 Å². The van der Waals surface area contributed by atoms with Crippen molar-refractivity contribution in [3.8, 4) is 0 Å². The fourth-order valence-corrected chi connectivity index (χ4v) is 6.53. The molecular weight excluding hydrogens is 619 g/mol. The monoisotopic (exact) mass is 648 g/mol. The summed E-state index contributed by atoms with van der Waals surface area (Å²) in [4.78, 5) is 0. The Hall–Kier alpha value is -2.70. The van der Waals surface area contributed by atoms with Crippen LogP contribution in [-0.4, -0.2) is 0 Å². The SMILES string of the molecule is C1=CC(CC2=Cc3ccccc3C2)c2ccccc21.C1=CC(CC2=Cc3ccccc3C2)c2ccccc21.[Cl-].[Cl-].[Zr+2]. The molecule has 0 aliphatic heterocycles. The molecule has 0 radical (unpaired) electrons. The largest absolute Gasteiger partial charge is 2.00 e. The average molecular weight is 651 g/mol. The van der Waals surface area contributed by atoms with Crippen molar-refractivity contribution in [3.63, 3.8) is 0 Å². The van der Waals surface area contributed by atoms with Gasteiger partial charge in [0.15, 0.2) is 0 Å². The summed E-state index contributed by atoms with van der Waals surface area (Å²) in [6.07, 6.45) is 18.6.